The average Bonchev–Trinajstić information content (AvgIpc) is 2.88. The Morgan fingerprint density at radius 3 is 2.30 bits per heavy atom. The van der Waals surface area contributed by atoms with Crippen LogP contribution >= 0.6 is 23.2 Å². The van der Waals surface area contributed by atoms with Gasteiger partial charge in [-0.05, 0) is 53.8 Å². The van der Waals surface area contributed by atoms with Gasteiger partial charge in [0.2, 0.25) is 11.8 Å². The number of carbonyl (C=O) groups excluding carboxylic acids is 2. The fraction of sp³-hybridized carbons (Fsp3) is 0.500. The number of benzene rings is 2. The van der Waals surface area contributed by atoms with Gasteiger partial charge in [-0.3, -0.25) is 9.59 Å². The molecule has 0 saturated carbocycles. The number of halogens is 5. The summed E-state index contributed by atoms with van der Waals surface area (Å²) >= 11 is 12.3. The molecule has 2 aromatic rings. The number of rotatable bonds is 10. The topological polar surface area (TPSA) is 105 Å². The Labute approximate surface area is 242 Å². The number of nitrogens with one attached hydrogen (secondary N) is 1. The fourth-order valence-electron chi connectivity index (χ4n) is 4.84. The van der Waals surface area contributed by atoms with Gasteiger partial charge in [-0.1, -0.05) is 43.1 Å². The maximum absolute atomic E-state index is 13.6. The summed E-state index contributed by atoms with van der Waals surface area (Å²) in [6.45, 7) is 5.50. The molecule has 2 amide bonds. The lowest BCUT2D eigenvalue weighted by atomic mass is 9.94. The molecule has 40 heavy (non-hydrogen) atoms. The van der Waals surface area contributed by atoms with Gasteiger partial charge in [0.15, 0.2) is 0 Å². The molecule has 220 valence electrons. The number of piperazine rings is 1. The molecule has 1 saturated heterocycles. The molecule has 2 aromatic carbocycles. The molecule has 3 rings (SSSR count). The highest BCUT2D eigenvalue weighted by atomic mass is 35.5. The molecule has 1 aliphatic heterocycles. The monoisotopic (exact) mass is 601 g/mol. The summed E-state index contributed by atoms with van der Waals surface area (Å²) in [5.41, 5.74) is 12.9. The highest BCUT2D eigenvalue weighted by Crippen LogP contribution is 2.36. The van der Waals surface area contributed by atoms with E-state index in [1.165, 1.54) is 6.07 Å². The van der Waals surface area contributed by atoms with Gasteiger partial charge >= 0.3 is 6.18 Å². The molecular weight excluding hydrogens is 566 g/mol. The Balaban J connectivity index is 1.79. The van der Waals surface area contributed by atoms with E-state index in [1.807, 2.05) is 18.7 Å². The minimum Gasteiger partial charge on any atom is -0.368 e. The number of hydrogen-bond donors (Lipinski definition) is 3. The molecular formula is C28H36Cl2F3N5O2. The van der Waals surface area contributed by atoms with Crippen molar-refractivity contribution in [2.75, 3.05) is 37.6 Å². The Morgan fingerprint density at radius 1 is 1.05 bits per heavy atom. The second-order valence-corrected chi connectivity index (χ2v) is 11.3. The van der Waals surface area contributed by atoms with E-state index in [1.54, 1.807) is 23.1 Å². The zero-order valence-corrected chi connectivity index (χ0v) is 24.1. The first kappa shape index (κ1) is 32.0. The first-order valence-corrected chi connectivity index (χ1v) is 14.0. The zero-order chi connectivity index (χ0) is 29.6. The van der Waals surface area contributed by atoms with Crippen LogP contribution in [0.5, 0.6) is 0 Å². The van der Waals surface area contributed by atoms with Crippen molar-refractivity contribution < 1.29 is 22.8 Å². The molecule has 1 heterocycles. The van der Waals surface area contributed by atoms with E-state index in [0.717, 1.165) is 12.1 Å². The second kappa shape index (κ2) is 13.9. The molecule has 0 spiro atoms. The van der Waals surface area contributed by atoms with Gasteiger partial charge in [0, 0.05) is 67.3 Å². The van der Waals surface area contributed by atoms with Crippen LogP contribution in [-0.2, 0) is 22.2 Å². The predicted molar refractivity (Wildman–Crippen MR) is 152 cm³/mol. The van der Waals surface area contributed by atoms with Gasteiger partial charge in [-0.2, -0.15) is 13.2 Å². The molecule has 0 aromatic heterocycles. The third-order valence-electron chi connectivity index (χ3n) is 6.86. The largest absolute Gasteiger partial charge is 0.416 e. The van der Waals surface area contributed by atoms with Crippen LogP contribution in [-0.4, -0.2) is 55.5 Å². The molecule has 1 aliphatic rings. The van der Waals surface area contributed by atoms with Gasteiger partial charge in [0.1, 0.15) is 6.04 Å². The maximum atomic E-state index is 13.6. The molecule has 5 N–H and O–H groups in total. The van der Waals surface area contributed by atoms with Crippen LogP contribution in [0.15, 0.2) is 36.4 Å². The fourth-order valence-corrected chi connectivity index (χ4v) is 5.33. The van der Waals surface area contributed by atoms with Gasteiger partial charge in [0.25, 0.3) is 0 Å². The lowest BCUT2D eigenvalue weighted by Crippen LogP contribution is -2.56. The van der Waals surface area contributed by atoms with Crippen LogP contribution in [0.3, 0.4) is 0 Å². The SMILES string of the molecule is CC(C)C[C@H](N)c1cc(C(F)(F)F)ccc1N1CCN(C(=O)[C@@H](Cc2ccc(Cl)cc2Cl)NC(=O)CCN)CC1. The molecule has 12 heteroatoms. The first-order valence-electron chi connectivity index (χ1n) is 13.2. The molecule has 0 unspecified atom stereocenters. The minimum atomic E-state index is -4.48. The Kier molecular flexibility index (Phi) is 11.1. The summed E-state index contributed by atoms with van der Waals surface area (Å²) < 4.78 is 40.4. The molecule has 0 aliphatic carbocycles. The third-order valence-corrected chi connectivity index (χ3v) is 7.44. The van der Waals surface area contributed by atoms with Gasteiger partial charge in [-0.25, -0.2) is 0 Å². The standard InChI is InChI=1S/C28H36Cl2F3N5O2/c1-17(2)13-23(35)21-15-19(28(31,32)33)4-6-25(21)37-9-11-38(12-10-37)27(40)24(36-26(39)7-8-34)14-18-3-5-20(29)16-22(18)30/h3-6,15-17,23-24H,7-14,34-35H2,1-2H3,(H,36,39)/t23-,24+/m0/s1. The van der Waals surface area contributed by atoms with Crippen molar-refractivity contribution in [3.63, 3.8) is 0 Å². The summed E-state index contributed by atoms with van der Waals surface area (Å²) in [6.07, 6.45) is -3.71. The van der Waals surface area contributed by atoms with Crippen molar-refractivity contribution in [3.8, 4) is 0 Å². The van der Waals surface area contributed by atoms with E-state index in [-0.39, 0.29) is 37.1 Å². The minimum absolute atomic E-state index is 0.0687. The quantitative estimate of drug-likeness (QED) is 0.363. The van der Waals surface area contributed by atoms with Gasteiger partial charge in [-0.15, -0.1) is 0 Å². The Hall–Kier alpha value is -2.53. The Bertz CT molecular complexity index is 1190. The number of amides is 2. The molecule has 0 radical (unpaired) electrons. The number of carbonyl (C=O) groups is 2. The summed E-state index contributed by atoms with van der Waals surface area (Å²) in [5.74, 6) is -0.425. The molecule has 0 bridgehead atoms. The lowest BCUT2D eigenvalue weighted by molar-refractivity contribution is -0.137. The van der Waals surface area contributed by atoms with Crippen LogP contribution < -0.4 is 21.7 Å². The average molecular weight is 603 g/mol. The number of alkyl halides is 3. The Morgan fingerprint density at radius 2 is 1.73 bits per heavy atom. The maximum Gasteiger partial charge on any atom is 0.416 e. The normalized spacial score (nSPS) is 15.8. The number of nitrogens with zero attached hydrogens (tertiary/aromatic N) is 2. The second-order valence-electron chi connectivity index (χ2n) is 10.4. The van der Waals surface area contributed by atoms with Crippen molar-refractivity contribution in [1.29, 1.82) is 0 Å². The molecule has 2 atom stereocenters. The lowest BCUT2D eigenvalue weighted by Gasteiger charge is -2.39. The first-order chi connectivity index (χ1) is 18.8. The van der Waals surface area contributed by atoms with Crippen molar-refractivity contribution in [2.24, 2.45) is 17.4 Å². The van der Waals surface area contributed by atoms with Gasteiger partial charge in [0.05, 0.1) is 5.56 Å². The van der Waals surface area contributed by atoms with Crippen molar-refractivity contribution in [3.05, 3.63) is 63.1 Å². The van der Waals surface area contributed by atoms with E-state index in [2.05, 4.69) is 5.32 Å². The van der Waals surface area contributed by atoms with Gasteiger partial charge < -0.3 is 26.6 Å². The summed E-state index contributed by atoms with van der Waals surface area (Å²) in [7, 11) is 0. The highest BCUT2D eigenvalue weighted by Gasteiger charge is 2.34. The van der Waals surface area contributed by atoms with Crippen LogP contribution in [0, 0.1) is 5.92 Å². The highest BCUT2D eigenvalue weighted by molar-refractivity contribution is 6.35. The van der Waals surface area contributed by atoms with Crippen LogP contribution in [0.1, 0.15) is 49.4 Å². The van der Waals surface area contributed by atoms with Crippen molar-refractivity contribution in [1.82, 2.24) is 10.2 Å². The van der Waals surface area contributed by atoms with E-state index >= 15 is 0 Å². The van der Waals surface area contributed by atoms with E-state index in [0.29, 0.717) is 59.5 Å². The summed E-state index contributed by atoms with van der Waals surface area (Å²) in [4.78, 5) is 29.5. The zero-order valence-electron chi connectivity index (χ0n) is 22.6. The summed E-state index contributed by atoms with van der Waals surface area (Å²) in [6, 6.07) is 7.19. The van der Waals surface area contributed by atoms with E-state index < -0.39 is 23.8 Å². The number of hydrogen-bond acceptors (Lipinski definition) is 5. The smallest absolute Gasteiger partial charge is 0.368 e. The van der Waals surface area contributed by atoms with Crippen molar-refractivity contribution >= 4 is 40.7 Å². The van der Waals surface area contributed by atoms with E-state index in [9.17, 15) is 22.8 Å². The van der Waals surface area contributed by atoms with Crippen LogP contribution in [0.25, 0.3) is 0 Å². The van der Waals surface area contributed by atoms with Crippen molar-refractivity contribution in [2.45, 2.75) is 51.4 Å². The molecule has 1 fully saturated rings. The summed E-state index contributed by atoms with van der Waals surface area (Å²) in [5, 5.41) is 3.61. The van der Waals surface area contributed by atoms with Crippen LogP contribution in [0.2, 0.25) is 10.0 Å². The number of anilines is 1. The molecule has 7 nitrogen and oxygen atoms in total. The van der Waals surface area contributed by atoms with Crippen LogP contribution in [0.4, 0.5) is 18.9 Å². The third kappa shape index (κ3) is 8.49. The number of nitrogens with two attached hydrogens (primary N) is 2. The predicted octanol–water partition coefficient (Wildman–Crippen LogP) is 4.78. The van der Waals surface area contributed by atoms with E-state index in [4.69, 9.17) is 34.7 Å².